The smallest absolute Gasteiger partial charge is 0.0234 e. The van der Waals surface area contributed by atoms with Crippen LogP contribution in [0.3, 0.4) is 0 Å². The molecule has 0 aliphatic heterocycles. The second-order valence-electron chi connectivity index (χ2n) is 7.34. The van der Waals surface area contributed by atoms with Crippen molar-refractivity contribution in [2.75, 3.05) is 0 Å². The molecule has 0 fully saturated rings. The van der Waals surface area contributed by atoms with E-state index in [9.17, 15) is 0 Å². The van der Waals surface area contributed by atoms with Gasteiger partial charge < -0.3 is 0 Å². The normalized spacial score (nSPS) is 12.5. The molecule has 0 saturated heterocycles. The molecule has 132 valence electrons. The van der Waals surface area contributed by atoms with Crippen LogP contribution in [-0.4, -0.2) is 0 Å². The van der Waals surface area contributed by atoms with Gasteiger partial charge in [-0.2, -0.15) is 0 Å². The van der Waals surface area contributed by atoms with Crippen molar-refractivity contribution in [3.8, 4) is 0 Å². The quantitative estimate of drug-likeness (QED) is 0.187. The van der Waals surface area contributed by atoms with E-state index >= 15 is 0 Å². The number of hydrogen-bond donors (Lipinski definition) is 0. The van der Waals surface area contributed by atoms with Crippen LogP contribution in [0, 0.1) is 5.92 Å². The lowest BCUT2D eigenvalue weighted by molar-refractivity contribution is 0.506. The molecule has 0 aliphatic rings. The molecule has 1 unspecified atom stereocenters. The topological polar surface area (TPSA) is 0 Å². The molecular weight excluding hydrogens is 264 g/mol. The summed E-state index contributed by atoms with van der Waals surface area (Å²) in [5.74, 6) is 0.746. The summed E-state index contributed by atoms with van der Waals surface area (Å²) in [5.41, 5.74) is 1.51. The minimum atomic E-state index is 0.746. The van der Waals surface area contributed by atoms with Crippen LogP contribution in [-0.2, 0) is 0 Å². The molecule has 0 aromatic rings. The number of unbranched alkanes of at least 4 members (excludes halogenated alkanes) is 12. The zero-order chi connectivity index (χ0) is 16.5. The van der Waals surface area contributed by atoms with E-state index in [1.807, 2.05) is 0 Å². The third-order valence-electron chi connectivity index (χ3n) is 5.04. The van der Waals surface area contributed by atoms with Crippen molar-refractivity contribution >= 4 is 0 Å². The van der Waals surface area contributed by atoms with Crippen molar-refractivity contribution in [1.29, 1.82) is 0 Å². The van der Waals surface area contributed by atoms with Crippen molar-refractivity contribution in [3.05, 3.63) is 12.2 Å². The van der Waals surface area contributed by atoms with E-state index in [0.717, 1.165) is 5.92 Å². The molecule has 0 radical (unpaired) electrons. The highest BCUT2D eigenvalue weighted by atomic mass is 14.1. The second-order valence-corrected chi connectivity index (χ2v) is 7.34. The Labute approximate surface area is 142 Å². The first kappa shape index (κ1) is 21.7. The van der Waals surface area contributed by atoms with E-state index in [0.29, 0.717) is 0 Å². The highest BCUT2D eigenvalue weighted by Crippen LogP contribution is 2.22. The van der Waals surface area contributed by atoms with Crippen molar-refractivity contribution in [3.63, 3.8) is 0 Å². The van der Waals surface area contributed by atoms with E-state index in [-0.39, 0.29) is 0 Å². The van der Waals surface area contributed by atoms with E-state index < -0.39 is 0 Å². The average molecular weight is 309 g/mol. The fraction of sp³-hybridized carbons (Fsp3) is 0.909. The summed E-state index contributed by atoms with van der Waals surface area (Å²) in [6.07, 6.45) is 22.4. The van der Waals surface area contributed by atoms with Gasteiger partial charge >= 0.3 is 0 Å². The lowest BCUT2D eigenvalue weighted by Gasteiger charge is -2.14. The minimum absolute atomic E-state index is 0.746. The molecule has 0 aliphatic carbocycles. The molecule has 0 amide bonds. The molecule has 0 heteroatoms. The third-order valence-corrected chi connectivity index (χ3v) is 5.04. The van der Waals surface area contributed by atoms with Crippen molar-refractivity contribution in [2.45, 2.75) is 124 Å². The second kappa shape index (κ2) is 17.1. The Morgan fingerprint density at radius 2 is 1.05 bits per heavy atom. The summed E-state index contributed by atoms with van der Waals surface area (Å²) in [7, 11) is 0. The summed E-state index contributed by atoms with van der Waals surface area (Å²) in [5, 5.41) is 0. The zero-order valence-corrected chi connectivity index (χ0v) is 16.1. The van der Waals surface area contributed by atoms with Gasteiger partial charge in [-0.3, -0.25) is 0 Å². The van der Waals surface area contributed by atoms with Gasteiger partial charge in [0.1, 0.15) is 0 Å². The first-order chi connectivity index (χ1) is 10.7. The number of allylic oxidation sites excluding steroid dienone is 1. The van der Waals surface area contributed by atoms with Crippen molar-refractivity contribution < 1.29 is 0 Å². The van der Waals surface area contributed by atoms with Crippen LogP contribution in [0.1, 0.15) is 124 Å². The Kier molecular flexibility index (Phi) is 16.9. The molecule has 0 aromatic carbocycles. The van der Waals surface area contributed by atoms with E-state index in [4.69, 9.17) is 0 Å². The standard InChI is InChI=1S/C22H44/c1-5-7-9-11-13-14-16-18-20-22(4)21(3)19-17-15-12-10-8-6-2/h22H,3,5-20H2,1-2,4H3. The van der Waals surface area contributed by atoms with Crippen LogP contribution in [0.5, 0.6) is 0 Å². The molecule has 0 heterocycles. The SMILES string of the molecule is C=C(CCCCCCCC)C(C)CCCCCCCCCC. The fourth-order valence-electron chi connectivity index (χ4n) is 3.17. The summed E-state index contributed by atoms with van der Waals surface area (Å²) in [6.45, 7) is 11.3. The predicted molar refractivity (Wildman–Crippen MR) is 104 cm³/mol. The summed E-state index contributed by atoms with van der Waals surface area (Å²) in [6, 6.07) is 0. The molecule has 0 nitrogen and oxygen atoms in total. The molecule has 0 saturated carbocycles. The Hall–Kier alpha value is -0.260. The molecule has 0 rings (SSSR count). The van der Waals surface area contributed by atoms with Gasteiger partial charge in [0.05, 0.1) is 0 Å². The first-order valence-electron chi connectivity index (χ1n) is 10.4. The van der Waals surface area contributed by atoms with Gasteiger partial charge in [0, 0.05) is 0 Å². The minimum Gasteiger partial charge on any atom is -0.0996 e. The van der Waals surface area contributed by atoms with Gasteiger partial charge in [0.15, 0.2) is 0 Å². The van der Waals surface area contributed by atoms with Gasteiger partial charge in [-0.25, -0.2) is 0 Å². The van der Waals surface area contributed by atoms with Gasteiger partial charge in [0.25, 0.3) is 0 Å². The van der Waals surface area contributed by atoms with Crippen LogP contribution in [0.25, 0.3) is 0 Å². The Bertz CT molecular complexity index is 228. The summed E-state index contributed by atoms with van der Waals surface area (Å²) >= 11 is 0. The van der Waals surface area contributed by atoms with E-state index in [1.165, 1.54) is 108 Å². The number of hydrogen-bond acceptors (Lipinski definition) is 0. The molecule has 0 bridgehead atoms. The van der Waals surface area contributed by atoms with Crippen molar-refractivity contribution in [1.82, 2.24) is 0 Å². The average Bonchev–Trinajstić information content (AvgIpc) is 2.52. The van der Waals surface area contributed by atoms with Crippen LogP contribution >= 0.6 is 0 Å². The molecule has 0 N–H and O–H groups in total. The highest BCUT2D eigenvalue weighted by molar-refractivity contribution is 4.98. The monoisotopic (exact) mass is 308 g/mol. The largest absolute Gasteiger partial charge is 0.0996 e. The Balaban J connectivity index is 3.35. The Morgan fingerprint density at radius 3 is 1.55 bits per heavy atom. The maximum atomic E-state index is 4.34. The van der Waals surface area contributed by atoms with E-state index in [1.54, 1.807) is 0 Å². The summed E-state index contributed by atoms with van der Waals surface area (Å²) in [4.78, 5) is 0. The summed E-state index contributed by atoms with van der Waals surface area (Å²) < 4.78 is 0. The third kappa shape index (κ3) is 14.7. The lowest BCUT2D eigenvalue weighted by Crippen LogP contribution is -1.99. The molecule has 22 heavy (non-hydrogen) atoms. The maximum Gasteiger partial charge on any atom is -0.0234 e. The predicted octanol–water partition coefficient (Wildman–Crippen LogP) is 8.46. The van der Waals surface area contributed by atoms with Crippen LogP contribution < -0.4 is 0 Å². The zero-order valence-electron chi connectivity index (χ0n) is 16.1. The number of rotatable bonds is 17. The van der Waals surface area contributed by atoms with Crippen LogP contribution in [0.2, 0.25) is 0 Å². The van der Waals surface area contributed by atoms with E-state index in [2.05, 4.69) is 27.4 Å². The Morgan fingerprint density at radius 1 is 0.636 bits per heavy atom. The van der Waals surface area contributed by atoms with Gasteiger partial charge in [0.2, 0.25) is 0 Å². The van der Waals surface area contributed by atoms with Gasteiger partial charge in [-0.1, -0.05) is 116 Å². The van der Waals surface area contributed by atoms with Gasteiger partial charge in [-0.05, 0) is 25.2 Å². The highest BCUT2D eigenvalue weighted by Gasteiger charge is 2.06. The fourth-order valence-corrected chi connectivity index (χ4v) is 3.17. The molecule has 0 aromatic heterocycles. The molecule has 1 atom stereocenters. The van der Waals surface area contributed by atoms with Crippen LogP contribution in [0.4, 0.5) is 0 Å². The molecule has 0 spiro atoms. The van der Waals surface area contributed by atoms with Gasteiger partial charge in [-0.15, -0.1) is 0 Å². The van der Waals surface area contributed by atoms with Crippen molar-refractivity contribution in [2.24, 2.45) is 5.92 Å². The molecular formula is C22H44. The van der Waals surface area contributed by atoms with Crippen LogP contribution in [0.15, 0.2) is 12.2 Å². The maximum absolute atomic E-state index is 4.34. The lowest BCUT2D eigenvalue weighted by atomic mass is 9.92. The first-order valence-corrected chi connectivity index (χ1v) is 10.4.